The van der Waals surface area contributed by atoms with Crippen LogP contribution in [0.2, 0.25) is 0 Å². The lowest BCUT2D eigenvalue weighted by molar-refractivity contribution is -0.146. The first-order valence-electron chi connectivity index (χ1n) is 12.5. The van der Waals surface area contributed by atoms with Gasteiger partial charge in [0, 0.05) is 17.3 Å². The number of terminal acetylenes is 1. The van der Waals surface area contributed by atoms with Gasteiger partial charge in [-0.1, -0.05) is 24.1 Å². The van der Waals surface area contributed by atoms with Crippen LogP contribution in [0.3, 0.4) is 0 Å². The molecular formula is C29H35N3O6. The van der Waals surface area contributed by atoms with Gasteiger partial charge in [0.25, 0.3) is 5.91 Å². The van der Waals surface area contributed by atoms with Crippen LogP contribution in [0.5, 0.6) is 5.75 Å². The van der Waals surface area contributed by atoms with Gasteiger partial charge in [0.05, 0.1) is 13.7 Å². The number of aliphatic hydroxyl groups excluding tert-OH is 1. The number of amides is 3. The summed E-state index contributed by atoms with van der Waals surface area (Å²) in [5, 5.41) is 15.4. The molecular weight excluding hydrogens is 486 g/mol. The molecule has 1 fully saturated rings. The van der Waals surface area contributed by atoms with E-state index in [0.717, 1.165) is 6.42 Å². The molecule has 202 valence electrons. The molecule has 0 heterocycles. The molecule has 0 saturated heterocycles. The Morgan fingerprint density at radius 1 is 1.13 bits per heavy atom. The highest BCUT2D eigenvalue weighted by Gasteiger charge is 2.42. The topological polar surface area (TPSA) is 117 Å². The summed E-state index contributed by atoms with van der Waals surface area (Å²) in [5.74, 6) is 2.15. The summed E-state index contributed by atoms with van der Waals surface area (Å²) in [6, 6.07) is 11.0. The zero-order chi connectivity index (χ0) is 27.9. The molecule has 0 aliphatic heterocycles. The summed E-state index contributed by atoms with van der Waals surface area (Å²) in [6.45, 7) is 4.41. The van der Waals surface area contributed by atoms with Crippen molar-refractivity contribution in [1.29, 1.82) is 0 Å². The van der Waals surface area contributed by atoms with E-state index >= 15 is 0 Å². The van der Waals surface area contributed by atoms with Crippen LogP contribution >= 0.6 is 0 Å². The number of nitrogens with zero attached hydrogens (tertiary/aromatic N) is 1. The van der Waals surface area contributed by atoms with E-state index in [-0.39, 0.29) is 6.04 Å². The Kier molecular flexibility index (Phi) is 9.37. The average Bonchev–Trinajstić information content (AvgIpc) is 2.85. The third-order valence-corrected chi connectivity index (χ3v) is 6.19. The molecule has 2 atom stereocenters. The summed E-state index contributed by atoms with van der Waals surface area (Å²) in [6.07, 6.45) is 7.14. The highest BCUT2D eigenvalue weighted by atomic mass is 16.6. The van der Waals surface area contributed by atoms with E-state index in [1.807, 2.05) is 0 Å². The van der Waals surface area contributed by atoms with Gasteiger partial charge in [0.2, 0.25) is 5.91 Å². The zero-order valence-electron chi connectivity index (χ0n) is 22.2. The van der Waals surface area contributed by atoms with Crippen LogP contribution in [0, 0.1) is 12.3 Å². The number of rotatable bonds is 9. The lowest BCUT2D eigenvalue weighted by Gasteiger charge is -2.43. The second kappa shape index (κ2) is 12.5. The van der Waals surface area contributed by atoms with Crippen molar-refractivity contribution in [1.82, 2.24) is 10.2 Å². The Morgan fingerprint density at radius 3 is 2.32 bits per heavy atom. The fourth-order valence-corrected chi connectivity index (χ4v) is 4.17. The number of nitrogens with one attached hydrogen (secondary N) is 2. The minimum Gasteiger partial charge on any atom is -0.497 e. The summed E-state index contributed by atoms with van der Waals surface area (Å²) < 4.78 is 10.5. The first-order valence-corrected chi connectivity index (χ1v) is 12.5. The molecule has 2 aromatic carbocycles. The lowest BCUT2D eigenvalue weighted by atomic mass is 9.87. The number of carbonyl (C=O) groups excluding carboxylic acids is 3. The monoisotopic (exact) mass is 521 g/mol. The maximum Gasteiger partial charge on any atom is 0.408 e. The van der Waals surface area contributed by atoms with Gasteiger partial charge in [0.1, 0.15) is 23.4 Å². The first kappa shape index (κ1) is 28.5. The highest BCUT2D eigenvalue weighted by molar-refractivity contribution is 5.99. The normalized spacial score (nSPS) is 14.7. The van der Waals surface area contributed by atoms with E-state index in [2.05, 4.69) is 16.6 Å². The number of hydrogen-bond donors (Lipinski definition) is 3. The molecule has 1 saturated carbocycles. The largest absolute Gasteiger partial charge is 0.497 e. The van der Waals surface area contributed by atoms with Crippen LogP contribution in [0.1, 0.15) is 57.2 Å². The second-order valence-electron chi connectivity index (χ2n) is 10.1. The molecule has 3 rings (SSSR count). The molecule has 3 amide bonds. The third-order valence-electron chi connectivity index (χ3n) is 6.19. The van der Waals surface area contributed by atoms with Crippen LogP contribution in [0.25, 0.3) is 0 Å². The van der Waals surface area contributed by atoms with Gasteiger partial charge in [-0.2, -0.15) is 0 Å². The average molecular weight is 522 g/mol. The molecule has 9 heteroatoms. The van der Waals surface area contributed by atoms with Gasteiger partial charge in [-0.25, -0.2) is 4.79 Å². The summed E-state index contributed by atoms with van der Waals surface area (Å²) in [5.41, 5.74) is 0.633. The highest BCUT2D eigenvalue weighted by Crippen LogP contribution is 2.35. The molecule has 9 nitrogen and oxygen atoms in total. The number of alkyl carbamates (subject to hydrolysis) is 1. The van der Waals surface area contributed by atoms with E-state index in [0.29, 0.717) is 35.4 Å². The molecule has 0 bridgehead atoms. The summed E-state index contributed by atoms with van der Waals surface area (Å²) >= 11 is 0. The van der Waals surface area contributed by atoms with Crippen molar-refractivity contribution in [2.75, 3.05) is 19.0 Å². The number of methoxy groups -OCH3 is 1. The number of hydrogen-bond acceptors (Lipinski definition) is 6. The van der Waals surface area contributed by atoms with Crippen molar-refractivity contribution in [2.24, 2.45) is 0 Å². The lowest BCUT2D eigenvalue weighted by Crippen LogP contribution is -2.58. The van der Waals surface area contributed by atoms with E-state index < -0.39 is 42.2 Å². The van der Waals surface area contributed by atoms with Crippen molar-refractivity contribution >= 4 is 23.6 Å². The van der Waals surface area contributed by atoms with Gasteiger partial charge in [0.15, 0.2) is 0 Å². The van der Waals surface area contributed by atoms with E-state index in [9.17, 15) is 19.5 Å². The summed E-state index contributed by atoms with van der Waals surface area (Å²) in [7, 11) is 1.55. The maximum absolute atomic E-state index is 13.9. The third kappa shape index (κ3) is 7.05. The van der Waals surface area contributed by atoms with Gasteiger partial charge < -0.3 is 30.1 Å². The maximum atomic E-state index is 13.9. The predicted octanol–water partition coefficient (Wildman–Crippen LogP) is 3.62. The van der Waals surface area contributed by atoms with Crippen molar-refractivity contribution in [3.05, 3.63) is 59.7 Å². The Bertz CT molecular complexity index is 1180. The van der Waals surface area contributed by atoms with Crippen LogP contribution in [-0.4, -0.2) is 59.3 Å². The van der Waals surface area contributed by atoms with E-state index in [1.165, 1.54) is 4.90 Å². The fraction of sp³-hybridized carbons (Fsp3) is 0.414. The second-order valence-corrected chi connectivity index (χ2v) is 10.1. The van der Waals surface area contributed by atoms with Crippen molar-refractivity contribution in [3.63, 3.8) is 0 Å². The molecule has 2 aromatic rings. The smallest absolute Gasteiger partial charge is 0.408 e. The van der Waals surface area contributed by atoms with Crippen LogP contribution in [-0.2, 0) is 14.3 Å². The van der Waals surface area contributed by atoms with Crippen molar-refractivity contribution < 1.29 is 29.0 Å². The Labute approximate surface area is 223 Å². The molecule has 2 unspecified atom stereocenters. The molecule has 3 N–H and O–H groups in total. The van der Waals surface area contributed by atoms with Crippen LogP contribution < -0.4 is 15.4 Å². The minimum atomic E-state index is -1.32. The molecule has 0 radical (unpaired) electrons. The zero-order valence-corrected chi connectivity index (χ0v) is 22.2. The SMILES string of the molecule is C#Cc1ccccc1C(C(=O)Nc1ccc(OC)cc1)N(C(=O)C(CO)NC(=O)OC(C)(C)C)C1CCC1. The Morgan fingerprint density at radius 2 is 1.79 bits per heavy atom. The Balaban J connectivity index is 2.01. The number of carbonyl (C=O) groups is 3. The van der Waals surface area contributed by atoms with Gasteiger partial charge >= 0.3 is 6.09 Å². The standard InChI is InChI=1S/C29H35N3O6/c1-6-19-10-7-8-13-23(19)25(26(34)30-20-14-16-22(37-5)17-15-20)32(21-11-9-12-21)27(35)24(18-33)31-28(36)38-29(2,3)4/h1,7-8,10,13-17,21,24-25,33H,9,11-12,18H2,2-5H3,(H,30,34)(H,31,36). The molecule has 1 aliphatic carbocycles. The quantitative estimate of drug-likeness (QED) is 0.434. The predicted molar refractivity (Wildman–Crippen MR) is 143 cm³/mol. The molecule has 1 aliphatic rings. The molecule has 0 spiro atoms. The van der Waals surface area contributed by atoms with E-state index in [4.69, 9.17) is 15.9 Å². The van der Waals surface area contributed by atoms with Crippen LogP contribution in [0.4, 0.5) is 10.5 Å². The minimum absolute atomic E-state index is 0.283. The van der Waals surface area contributed by atoms with Gasteiger partial charge in [-0.15, -0.1) is 6.42 Å². The van der Waals surface area contributed by atoms with Gasteiger partial charge in [-0.05, 0) is 75.9 Å². The molecule has 38 heavy (non-hydrogen) atoms. The fourth-order valence-electron chi connectivity index (χ4n) is 4.17. The Hall–Kier alpha value is -4.03. The van der Waals surface area contributed by atoms with Crippen LogP contribution in [0.15, 0.2) is 48.5 Å². The number of aliphatic hydroxyl groups is 1. The van der Waals surface area contributed by atoms with Gasteiger partial charge in [-0.3, -0.25) is 9.59 Å². The molecule has 0 aromatic heterocycles. The number of ether oxygens (including phenoxy) is 2. The van der Waals surface area contributed by atoms with Crippen molar-refractivity contribution in [2.45, 2.75) is 63.8 Å². The summed E-state index contributed by atoms with van der Waals surface area (Å²) in [4.78, 5) is 41.7. The number of anilines is 1. The van der Waals surface area contributed by atoms with Crippen molar-refractivity contribution in [3.8, 4) is 18.1 Å². The first-order chi connectivity index (χ1) is 18.1. The van der Waals surface area contributed by atoms with E-state index in [1.54, 1.807) is 76.4 Å². The number of benzene rings is 2.